The zero-order valence-electron chi connectivity index (χ0n) is 18.4. The predicted molar refractivity (Wildman–Crippen MR) is 113 cm³/mol. The summed E-state index contributed by atoms with van der Waals surface area (Å²) in [5.41, 5.74) is 0.336. The van der Waals surface area contributed by atoms with Gasteiger partial charge in [0.25, 0.3) is 0 Å². The van der Waals surface area contributed by atoms with Crippen LogP contribution in [0.15, 0.2) is 12.1 Å². The largest absolute Gasteiger partial charge is 0.496 e. The third-order valence-corrected chi connectivity index (χ3v) is 4.87. The Labute approximate surface area is 174 Å². The molecule has 1 aromatic carbocycles. The topological polar surface area (TPSA) is 71.1 Å². The highest BCUT2D eigenvalue weighted by atomic mass is 16.5. The summed E-state index contributed by atoms with van der Waals surface area (Å²) in [6, 6.07) is 2.93. The van der Waals surface area contributed by atoms with Crippen LogP contribution in [0.25, 0.3) is 0 Å². The van der Waals surface area contributed by atoms with Gasteiger partial charge in [0.15, 0.2) is 0 Å². The molecule has 0 aliphatic rings. The van der Waals surface area contributed by atoms with Gasteiger partial charge < -0.3 is 18.9 Å². The van der Waals surface area contributed by atoms with Crippen LogP contribution in [0.4, 0.5) is 0 Å². The second-order valence-corrected chi connectivity index (χ2v) is 7.06. The maximum atomic E-state index is 12.1. The molecular formula is C23H36O6. The second-order valence-electron chi connectivity index (χ2n) is 7.06. The van der Waals surface area contributed by atoms with Gasteiger partial charge >= 0.3 is 11.9 Å². The normalized spacial score (nSPS) is 10.5. The molecule has 29 heavy (non-hydrogen) atoms. The van der Waals surface area contributed by atoms with E-state index in [9.17, 15) is 9.59 Å². The fourth-order valence-corrected chi connectivity index (χ4v) is 3.16. The predicted octanol–water partition coefficient (Wildman–Crippen LogP) is 5.57. The van der Waals surface area contributed by atoms with Crippen LogP contribution in [0, 0.1) is 0 Å². The molecule has 0 heterocycles. The average Bonchev–Trinajstić information content (AvgIpc) is 2.75. The number of unbranched alkanes of at least 4 members (excludes halogenated alkanes) is 9. The van der Waals surface area contributed by atoms with Crippen LogP contribution in [0.2, 0.25) is 0 Å². The molecule has 0 saturated heterocycles. The first-order valence-electron chi connectivity index (χ1n) is 10.6. The molecule has 164 valence electrons. The van der Waals surface area contributed by atoms with E-state index in [0.29, 0.717) is 18.1 Å². The molecule has 0 fully saturated rings. The number of hydrogen-bond acceptors (Lipinski definition) is 6. The summed E-state index contributed by atoms with van der Waals surface area (Å²) in [5.74, 6) is -0.524. The van der Waals surface area contributed by atoms with Gasteiger partial charge in [-0.1, -0.05) is 64.7 Å². The Morgan fingerprint density at radius 3 is 1.66 bits per heavy atom. The third kappa shape index (κ3) is 8.75. The molecule has 0 bridgehead atoms. The maximum Gasteiger partial charge on any atom is 0.341 e. The maximum absolute atomic E-state index is 12.1. The van der Waals surface area contributed by atoms with Crippen LogP contribution in [-0.2, 0) is 9.47 Å². The molecule has 0 aliphatic heterocycles. The standard InChI is InChI=1S/C23H36O6/c1-5-6-7-8-9-10-11-12-13-14-15-29-21-17-20(26-2)18(22(24)27-3)16-19(21)23(25)28-4/h16-17H,5-15H2,1-4H3. The van der Waals surface area contributed by atoms with E-state index < -0.39 is 11.9 Å². The van der Waals surface area contributed by atoms with E-state index in [4.69, 9.17) is 18.9 Å². The summed E-state index contributed by atoms with van der Waals surface area (Å²) in [7, 11) is 4.01. The van der Waals surface area contributed by atoms with E-state index in [1.54, 1.807) is 0 Å². The van der Waals surface area contributed by atoms with Gasteiger partial charge in [-0.3, -0.25) is 0 Å². The number of carbonyl (C=O) groups is 2. The van der Waals surface area contributed by atoms with Crippen LogP contribution < -0.4 is 9.47 Å². The number of benzene rings is 1. The van der Waals surface area contributed by atoms with Crippen molar-refractivity contribution in [3.63, 3.8) is 0 Å². The number of esters is 2. The average molecular weight is 409 g/mol. The Bertz CT molecular complexity index is 626. The lowest BCUT2D eigenvalue weighted by Gasteiger charge is -2.14. The zero-order valence-corrected chi connectivity index (χ0v) is 18.4. The van der Waals surface area contributed by atoms with Crippen molar-refractivity contribution in [2.75, 3.05) is 27.9 Å². The van der Waals surface area contributed by atoms with Gasteiger partial charge in [-0.15, -0.1) is 0 Å². The first-order valence-corrected chi connectivity index (χ1v) is 10.6. The number of methoxy groups -OCH3 is 3. The molecule has 0 aromatic heterocycles. The molecule has 0 radical (unpaired) electrons. The van der Waals surface area contributed by atoms with Crippen molar-refractivity contribution in [1.29, 1.82) is 0 Å². The molecule has 6 nitrogen and oxygen atoms in total. The Morgan fingerprint density at radius 1 is 0.690 bits per heavy atom. The number of hydrogen-bond donors (Lipinski definition) is 0. The summed E-state index contributed by atoms with van der Waals surface area (Å²) >= 11 is 0. The van der Waals surface area contributed by atoms with Gasteiger partial charge in [-0.2, -0.15) is 0 Å². The number of ether oxygens (including phenoxy) is 4. The van der Waals surface area contributed by atoms with Gasteiger partial charge in [0, 0.05) is 6.07 Å². The highest BCUT2D eigenvalue weighted by Crippen LogP contribution is 2.30. The van der Waals surface area contributed by atoms with Crippen molar-refractivity contribution in [1.82, 2.24) is 0 Å². The van der Waals surface area contributed by atoms with E-state index in [2.05, 4.69) is 6.92 Å². The lowest BCUT2D eigenvalue weighted by atomic mass is 10.1. The Morgan fingerprint density at radius 2 is 1.17 bits per heavy atom. The Hall–Kier alpha value is -2.24. The van der Waals surface area contributed by atoms with Crippen molar-refractivity contribution in [3.8, 4) is 11.5 Å². The molecule has 0 N–H and O–H groups in total. The van der Waals surface area contributed by atoms with Gasteiger partial charge in [0.05, 0.1) is 27.9 Å². The van der Waals surface area contributed by atoms with Gasteiger partial charge in [0.2, 0.25) is 0 Å². The van der Waals surface area contributed by atoms with Crippen LogP contribution in [-0.4, -0.2) is 39.9 Å². The molecule has 0 aliphatic carbocycles. The molecule has 6 heteroatoms. The van der Waals surface area contributed by atoms with E-state index >= 15 is 0 Å². The smallest absolute Gasteiger partial charge is 0.341 e. The monoisotopic (exact) mass is 408 g/mol. The fraction of sp³-hybridized carbons (Fsp3) is 0.652. The molecule has 0 unspecified atom stereocenters. The fourth-order valence-electron chi connectivity index (χ4n) is 3.16. The molecular weight excluding hydrogens is 372 g/mol. The number of carbonyl (C=O) groups excluding carboxylic acids is 2. The number of rotatable bonds is 15. The molecule has 0 saturated carbocycles. The van der Waals surface area contributed by atoms with E-state index in [1.165, 1.54) is 84.8 Å². The summed E-state index contributed by atoms with van der Waals surface area (Å²) in [6.07, 6.45) is 12.4. The lowest BCUT2D eigenvalue weighted by Crippen LogP contribution is -2.11. The summed E-state index contributed by atoms with van der Waals surface area (Å²) in [6.45, 7) is 2.72. The minimum Gasteiger partial charge on any atom is -0.496 e. The zero-order chi connectivity index (χ0) is 21.5. The van der Waals surface area contributed by atoms with E-state index in [1.807, 2.05) is 0 Å². The minimum absolute atomic E-state index is 0.154. The van der Waals surface area contributed by atoms with Crippen LogP contribution in [0.5, 0.6) is 11.5 Å². The van der Waals surface area contributed by atoms with Crippen LogP contribution in [0.3, 0.4) is 0 Å². The molecule has 1 rings (SSSR count). The lowest BCUT2D eigenvalue weighted by molar-refractivity contribution is 0.0594. The molecule has 0 spiro atoms. The van der Waals surface area contributed by atoms with Crippen LogP contribution >= 0.6 is 0 Å². The molecule has 0 atom stereocenters. The minimum atomic E-state index is -0.590. The van der Waals surface area contributed by atoms with Gasteiger partial charge in [0.1, 0.15) is 22.6 Å². The van der Waals surface area contributed by atoms with Crippen molar-refractivity contribution < 1.29 is 28.5 Å². The second kappa shape index (κ2) is 14.7. The summed E-state index contributed by atoms with van der Waals surface area (Å²) in [4.78, 5) is 24.0. The molecule has 0 amide bonds. The first-order chi connectivity index (χ1) is 14.1. The van der Waals surface area contributed by atoms with E-state index in [0.717, 1.165) is 12.8 Å². The first kappa shape index (κ1) is 24.8. The van der Waals surface area contributed by atoms with Crippen molar-refractivity contribution in [3.05, 3.63) is 23.3 Å². The third-order valence-electron chi connectivity index (χ3n) is 4.87. The van der Waals surface area contributed by atoms with Crippen molar-refractivity contribution in [2.24, 2.45) is 0 Å². The SMILES string of the molecule is CCCCCCCCCCCCOc1cc(OC)c(C(=O)OC)cc1C(=O)OC. The van der Waals surface area contributed by atoms with E-state index in [-0.39, 0.29) is 11.1 Å². The summed E-state index contributed by atoms with van der Waals surface area (Å²) < 4.78 is 20.6. The Kier molecular flexibility index (Phi) is 12.6. The highest BCUT2D eigenvalue weighted by molar-refractivity contribution is 5.99. The van der Waals surface area contributed by atoms with Gasteiger partial charge in [-0.25, -0.2) is 9.59 Å². The molecule has 1 aromatic rings. The summed E-state index contributed by atoms with van der Waals surface area (Å²) in [5, 5.41) is 0. The Balaban J connectivity index is 2.52. The van der Waals surface area contributed by atoms with Crippen molar-refractivity contribution >= 4 is 11.9 Å². The quantitative estimate of drug-likeness (QED) is 0.279. The van der Waals surface area contributed by atoms with Gasteiger partial charge in [-0.05, 0) is 12.5 Å². The highest BCUT2D eigenvalue weighted by Gasteiger charge is 2.22. The van der Waals surface area contributed by atoms with Crippen LogP contribution in [0.1, 0.15) is 91.8 Å². The van der Waals surface area contributed by atoms with Crippen molar-refractivity contribution in [2.45, 2.75) is 71.1 Å².